The Morgan fingerprint density at radius 2 is 0.393 bits per heavy atom. The summed E-state index contributed by atoms with van der Waals surface area (Å²) in [4.78, 5) is 35.2. The molecule has 0 amide bonds. The van der Waals surface area contributed by atoms with Crippen LogP contribution in [-0.4, -0.2) is 44.1 Å². The molecule has 0 radical (unpaired) electrons. The zero-order chi connectivity index (χ0) is 84.6. The zero-order valence-corrected chi connectivity index (χ0v) is 73.4. The minimum Gasteiger partial charge on any atom is -0.453 e. The standard InChI is InChI=1S/C104H96N8O8.Al.ClH/c1-57(2)65-33-17-25-41-81(65)113-89-49-73-74(50-90(89)114-82-42-26-18-34-66(82)58(3)4)98-105-97(73)109-99-75-51-91(115-83-43-27-19-35-67(83)59(5)6)92(116-84-44-28-20-36-68(84)60(7)8)52-76(75)101(106-99)111-103-79-55-95(119-87-47-31-23-39-71(87)63(13)14)96(120-88-48-32-24-40-72(88)64(15)16)56-80(79)104(108-103)112-102-78-54-94(118-86-46-30-22-38-70(86)62(11)12)93(53-77(78)100(107-102)110-98)117-85-45-29-21-37-69(85)61(9)10;;/h17-64H,1-16H3;;1H/q-2;+3;/p-1. The van der Waals surface area contributed by atoms with Crippen LogP contribution < -0.4 is 48.9 Å². The first-order valence-electron chi connectivity index (χ1n) is 42.4. The topological polar surface area (TPSA) is 158 Å². The highest BCUT2D eigenvalue weighted by Gasteiger charge is 2.41. The lowest BCUT2D eigenvalue weighted by molar-refractivity contribution is 0.411. The number of ether oxygens (including phenoxy) is 8. The number of amidine groups is 4. The molecule has 4 aliphatic rings. The molecule has 122 heavy (non-hydrogen) atoms. The second-order valence-corrected chi connectivity index (χ2v) is 36.9. The normalized spacial score (nSPS) is 13.2. The van der Waals surface area contributed by atoms with Gasteiger partial charge in [-0.2, -0.15) is 10.0 Å². The molecule has 0 saturated heterocycles. The third-order valence-electron chi connectivity index (χ3n) is 23.0. The minimum atomic E-state index is -3.69. The molecular formula is C104H96AlClN8O8. The van der Waals surface area contributed by atoms with Crippen LogP contribution in [0.3, 0.4) is 0 Å². The molecule has 18 rings (SSSR count). The Morgan fingerprint density at radius 3 is 0.598 bits per heavy atom. The van der Waals surface area contributed by atoms with E-state index in [-0.39, 0.29) is 47.3 Å². The van der Waals surface area contributed by atoms with Crippen molar-refractivity contribution in [2.45, 2.75) is 158 Å². The fraction of sp³-hybridized carbons (Fsp3) is 0.231. The van der Waals surface area contributed by atoms with E-state index in [4.69, 9.17) is 77.9 Å². The maximum atomic E-state index is 9.07. The number of fused-ring (bicyclic) bond motifs is 14. The van der Waals surface area contributed by atoms with E-state index in [0.29, 0.717) is 182 Å². The van der Waals surface area contributed by atoms with Crippen molar-refractivity contribution in [2.75, 3.05) is 0 Å². The van der Waals surface area contributed by atoms with Gasteiger partial charge in [0.15, 0.2) is 69.3 Å². The van der Waals surface area contributed by atoms with Gasteiger partial charge in [-0.25, -0.2) is 30.0 Å². The van der Waals surface area contributed by atoms with Gasteiger partial charge in [0.2, 0.25) is 0 Å². The van der Waals surface area contributed by atoms with Gasteiger partial charge in [0.1, 0.15) is 68.6 Å². The maximum Gasteiger partial charge on any atom is 0.722 e. The summed E-state index contributed by atoms with van der Waals surface area (Å²) in [6.07, 6.45) is 0. The molecule has 18 heteroatoms. The van der Waals surface area contributed by atoms with Gasteiger partial charge < -0.3 is 45.0 Å². The highest BCUT2D eigenvalue weighted by Crippen LogP contribution is 2.53. The van der Waals surface area contributed by atoms with Crippen molar-refractivity contribution in [2.24, 2.45) is 30.0 Å². The first-order chi connectivity index (χ1) is 59.0. The first-order valence-corrected chi connectivity index (χ1v) is 45.1. The van der Waals surface area contributed by atoms with Gasteiger partial charge in [-0.05, 0) is 189 Å². The number of aliphatic imine (C=N–C) groups is 4. The Balaban J connectivity index is 1.01. The molecule has 14 aromatic rings. The molecule has 0 atom stereocenters. The Labute approximate surface area is 720 Å². The summed E-state index contributed by atoms with van der Waals surface area (Å²) in [5, 5.41) is 2.41. The van der Waals surface area contributed by atoms with Gasteiger partial charge in [0.05, 0.1) is 0 Å². The quantitative estimate of drug-likeness (QED) is 0.0541. The summed E-state index contributed by atoms with van der Waals surface area (Å²) in [5.41, 5.74) is 11.3. The lowest BCUT2D eigenvalue weighted by Gasteiger charge is -2.19. The van der Waals surface area contributed by atoms with Crippen LogP contribution in [-0.2, 0) is 0 Å². The molecule has 6 bridgehead atoms. The Bertz CT molecular complexity index is 6410. The number of hydrogen-bond acceptors (Lipinski definition) is 14. The molecule has 2 aromatic heterocycles. The molecule has 0 aliphatic carbocycles. The lowest BCUT2D eigenvalue weighted by atomic mass is 10.0. The van der Waals surface area contributed by atoms with E-state index in [9.17, 15) is 0 Å². The third-order valence-corrected chi connectivity index (χ3v) is 26.0. The number of halogens is 1. The summed E-state index contributed by atoms with van der Waals surface area (Å²) < 4.78 is 63.0. The molecule has 0 fully saturated rings. The smallest absolute Gasteiger partial charge is 0.453 e. The van der Waals surface area contributed by atoms with Crippen molar-refractivity contribution < 1.29 is 37.9 Å². The lowest BCUT2D eigenvalue weighted by Crippen LogP contribution is -2.43. The molecular weight excluding hydrogens is 1550 g/mol. The molecule has 0 spiro atoms. The van der Waals surface area contributed by atoms with E-state index in [1.165, 1.54) is 0 Å². The van der Waals surface area contributed by atoms with Crippen LogP contribution in [0.15, 0.2) is 273 Å². The SMILES string of the molecule is CC(C)c1ccccc1Oc1cc2c(cc1Oc1ccccc1C(C)C)C1=Nc3c4cc(Oc5ccccc5C(C)C)c(Oc5ccccc5C(C)C)cc4c4[n]3[Al]([Cl])[n]3c(c5cc(Oc6ccccc6C(C)C)c(Oc6ccccc6C(C)C)cc5c3=NC3=NC(=N4)c4cc(Oc5ccccc5C(C)C)c(Oc5ccccc5C(C)C)cc43)=NC2=N1. The van der Waals surface area contributed by atoms with Crippen LogP contribution in [0.4, 0.5) is 11.6 Å². The number of aromatic nitrogens is 2. The van der Waals surface area contributed by atoms with Crippen molar-refractivity contribution in [3.63, 3.8) is 0 Å². The predicted octanol–water partition coefficient (Wildman–Crippen LogP) is 28.5. The van der Waals surface area contributed by atoms with Gasteiger partial charge in [0.25, 0.3) is 0 Å². The van der Waals surface area contributed by atoms with Crippen molar-refractivity contribution in [3.8, 4) is 92.0 Å². The number of nitrogens with zero attached hydrogens (tertiary/aromatic N) is 8. The van der Waals surface area contributed by atoms with Crippen LogP contribution in [0.1, 0.15) is 225 Å². The summed E-state index contributed by atoms with van der Waals surface area (Å²) in [5.74, 6) is 11.3. The van der Waals surface area contributed by atoms with Crippen molar-refractivity contribution in [3.05, 3.63) is 320 Å². The van der Waals surface area contributed by atoms with E-state index in [2.05, 4.69) is 166 Å². The van der Waals surface area contributed by atoms with Gasteiger partial charge in [0, 0.05) is 43.8 Å². The van der Waals surface area contributed by atoms with Crippen LogP contribution in [0, 0.1) is 0 Å². The maximum absolute atomic E-state index is 9.07. The number of para-hydroxylation sites is 8. The predicted molar refractivity (Wildman–Crippen MR) is 492 cm³/mol. The second-order valence-electron chi connectivity index (χ2n) is 34.0. The fourth-order valence-electron chi connectivity index (χ4n) is 16.6. The van der Waals surface area contributed by atoms with E-state index in [1.807, 2.05) is 194 Å². The van der Waals surface area contributed by atoms with Crippen LogP contribution >= 0.6 is 10.0 Å². The van der Waals surface area contributed by atoms with E-state index < -0.39 is 13.7 Å². The molecule has 4 aliphatic heterocycles. The second kappa shape index (κ2) is 33.0. The van der Waals surface area contributed by atoms with Crippen LogP contribution in [0.5, 0.6) is 92.0 Å². The van der Waals surface area contributed by atoms with Crippen LogP contribution in [0.25, 0.3) is 21.5 Å². The monoisotopic (exact) mass is 1650 g/mol. The minimum absolute atomic E-state index is 0.0786. The first kappa shape index (κ1) is 80.3. The third kappa shape index (κ3) is 15.1. The Morgan fingerprint density at radius 1 is 0.213 bits per heavy atom. The summed E-state index contributed by atoms with van der Waals surface area (Å²) in [6.45, 7) is 34.6. The summed E-state index contributed by atoms with van der Waals surface area (Å²) in [7, 11) is 9.07. The molecule has 16 nitrogen and oxygen atoms in total. The van der Waals surface area contributed by atoms with Crippen molar-refractivity contribution >= 4 is 80.2 Å². The average molecular weight is 1650 g/mol. The van der Waals surface area contributed by atoms with Gasteiger partial charge in [-0.15, -0.1) is 0 Å². The average Bonchev–Trinajstić information content (AvgIpc) is 1.54. The van der Waals surface area contributed by atoms with E-state index in [1.54, 1.807) is 0 Å². The molecule has 0 saturated carbocycles. The van der Waals surface area contributed by atoms with Gasteiger partial charge in [-0.1, -0.05) is 256 Å². The Kier molecular flexibility index (Phi) is 21.7. The Hall–Kier alpha value is -12.8. The molecule has 0 N–H and O–H groups in total. The van der Waals surface area contributed by atoms with E-state index >= 15 is 0 Å². The molecule has 12 aromatic carbocycles. The largest absolute Gasteiger partial charge is 0.722 e. The van der Waals surface area contributed by atoms with E-state index in [0.717, 1.165) is 44.5 Å². The van der Waals surface area contributed by atoms with Gasteiger partial charge >= 0.3 is 13.7 Å². The number of benzene rings is 12. The number of hydrogen-bond donors (Lipinski definition) is 0. The molecule has 0 unspecified atom stereocenters. The fourth-order valence-corrected chi connectivity index (χ4v) is 19.5. The zero-order valence-electron chi connectivity index (χ0n) is 71.5. The highest BCUT2D eigenvalue weighted by molar-refractivity contribution is 7.05. The van der Waals surface area contributed by atoms with Crippen LogP contribution in [0.2, 0.25) is 0 Å². The molecule has 6 heterocycles. The van der Waals surface area contributed by atoms with Crippen molar-refractivity contribution in [1.29, 1.82) is 0 Å². The van der Waals surface area contributed by atoms with Gasteiger partial charge in [-0.3, -0.25) is 0 Å². The highest BCUT2D eigenvalue weighted by atomic mass is 35.6. The number of rotatable bonds is 24. The summed E-state index contributed by atoms with van der Waals surface area (Å²) >= 11 is -3.69. The summed E-state index contributed by atoms with van der Waals surface area (Å²) in [6, 6.07) is 81.0. The van der Waals surface area contributed by atoms with Crippen molar-refractivity contribution in [1.82, 2.24) is 7.10 Å². The molecule has 610 valence electrons.